The second-order valence-electron chi connectivity index (χ2n) is 16.1. The highest BCUT2D eigenvalue weighted by atomic mass is 16.5. The molecule has 1 unspecified atom stereocenters. The third-order valence-electron chi connectivity index (χ3n) is 12.4. The van der Waals surface area contributed by atoms with Gasteiger partial charge < -0.3 is 45.3 Å². The summed E-state index contributed by atoms with van der Waals surface area (Å²) >= 11 is 0. The van der Waals surface area contributed by atoms with E-state index in [1.165, 1.54) is 4.90 Å². The highest BCUT2D eigenvalue weighted by molar-refractivity contribution is 6.05. The Kier molecular flexibility index (Phi) is 12.5. The summed E-state index contributed by atoms with van der Waals surface area (Å²) in [5, 5.41) is 9.10. The van der Waals surface area contributed by atoms with Crippen molar-refractivity contribution < 1.29 is 38.2 Å². The van der Waals surface area contributed by atoms with Crippen molar-refractivity contribution >= 4 is 52.5 Å². The maximum absolute atomic E-state index is 13.3. The predicted octanol–water partition coefficient (Wildman–Crippen LogP) is 2.43. The van der Waals surface area contributed by atoms with Crippen LogP contribution in [0.5, 0.6) is 11.5 Å². The molecular weight excluding hydrogens is 785 g/mol. The second-order valence-corrected chi connectivity index (χ2v) is 16.1. The van der Waals surface area contributed by atoms with Gasteiger partial charge in [-0.05, 0) is 62.8 Å². The van der Waals surface area contributed by atoms with E-state index in [2.05, 4.69) is 30.7 Å². The summed E-state index contributed by atoms with van der Waals surface area (Å²) in [5.74, 6) is 0.169. The number of nitrogens with one attached hydrogen (secondary N) is 3. The van der Waals surface area contributed by atoms with Crippen LogP contribution in [0.2, 0.25) is 0 Å². The molecule has 3 aromatic rings. The summed E-state index contributed by atoms with van der Waals surface area (Å²) in [6.07, 6.45) is 4.67. The number of carbonyl (C=O) groups excluding carboxylic acids is 5. The molecule has 1 atom stereocenters. The summed E-state index contributed by atoms with van der Waals surface area (Å²) < 4.78 is 17.4. The van der Waals surface area contributed by atoms with Crippen molar-refractivity contribution in [2.24, 2.45) is 5.73 Å². The summed E-state index contributed by atoms with van der Waals surface area (Å²) in [6, 6.07) is 10.9. The van der Waals surface area contributed by atoms with Crippen LogP contribution < -0.4 is 36.1 Å². The summed E-state index contributed by atoms with van der Waals surface area (Å²) in [5.41, 5.74) is 9.27. The lowest BCUT2D eigenvalue weighted by molar-refractivity contribution is -0.137. The Balaban J connectivity index is 0.827. The van der Waals surface area contributed by atoms with Crippen LogP contribution in [0.25, 0.3) is 0 Å². The minimum absolute atomic E-state index is 0.0772. The van der Waals surface area contributed by atoms with Gasteiger partial charge >= 0.3 is 0 Å². The molecule has 4 saturated heterocycles. The van der Waals surface area contributed by atoms with Crippen molar-refractivity contribution in [2.75, 3.05) is 81.7 Å². The Bertz CT molecular complexity index is 2160. The Labute approximate surface area is 354 Å². The topological polar surface area (TPSA) is 214 Å². The fourth-order valence-electron chi connectivity index (χ4n) is 9.01. The average Bonchev–Trinajstić information content (AvgIpc) is 3.61. The van der Waals surface area contributed by atoms with E-state index in [1.54, 1.807) is 25.3 Å². The first-order valence-corrected chi connectivity index (χ1v) is 21.3. The minimum Gasteiger partial charge on any atom is -0.495 e. The third-order valence-corrected chi connectivity index (χ3v) is 12.4. The molecule has 5 amide bonds. The Morgan fingerprint density at radius 2 is 1.70 bits per heavy atom. The van der Waals surface area contributed by atoms with Crippen LogP contribution in [-0.2, 0) is 32.1 Å². The van der Waals surface area contributed by atoms with Gasteiger partial charge in [-0.2, -0.15) is 0 Å². The standard InChI is InChI=1S/C43H54N10O8/c1-3-31-40(45-26-13-21-60-22-14-26)49-41(38(47-31)39(44)56)46-27-7-8-32(35(23-27)59-2)51-15-11-28(12-16-51)50-17-19-52(20-18-50)37(55)25-61-34-6-4-5-29-30(34)24-53(43(29)58)33-9-10-36(54)48-42(33)57/h4-8,23,26,28,33H,3,9-22,24-25H2,1-2H3,(H2,44,56)(H2,45,46,49)(H,48,54,57). The number of anilines is 4. The highest BCUT2D eigenvalue weighted by Crippen LogP contribution is 2.36. The SMILES string of the molecule is CCc1nc(C(N)=O)c(Nc2ccc(N3CCC(N4CCN(C(=O)COc5cccc6c5CN(C5CCC(=O)NC5=O)C6=O)CC4)CC3)c(OC)c2)nc1NC1CCOCC1. The van der Waals surface area contributed by atoms with Crippen molar-refractivity contribution in [1.29, 1.82) is 0 Å². The number of nitrogens with zero attached hydrogens (tertiary/aromatic N) is 6. The summed E-state index contributed by atoms with van der Waals surface area (Å²) in [6.45, 7) is 7.73. The van der Waals surface area contributed by atoms with Gasteiger partial charge in [0.25, 0.3) is 17.7 Å². The van der Waals surface area contributed by atoms with Gasteiger partial charge in [0.05, 0.1) is 25.0 Å². The third kappa shape index (κ3) is 9.05. The number of aryl methyl sites for hydroxylation is 1. The predicted molar refractivity (Wildman–Crippen MR) is 225 cm³/mol. The molecule has 0 bridgehead atoms. The molecule has 5 aliphatic heterocycles. The molecule has 6 heterocycles. The van der Waals surface area contributed by atoms with E-state index in [1.807, 2.05) is 30.0 Å². The number of hydrogen-bond donors (Lipinski definition) is 4. The monoisotopic (exact) mass is 838 g/mol. The van der Waals surface area contributed by atoms with Crippen molar-refractivity contribution in [3.63, 3.8) is 0 Å². The van der Waals surface area contributed by atoms with E-state index < -0.39 is 17.9 Å². The molecule has 5 N–H and O–H groups in total. The zero-order valence-corrected chi connectivity index (χ0v) is 34.7. The van der Waals surface area contributed by atoms with E-state index in [0.717, 1.165) is 57.5 Å². The number of methoxy groups -OCH3 is 1. The smallest absolute Gasteiger partial charge is 0.271 e. The molecule has 18 heteroatoms. The normalized spacial score (nSPS) is 20.3. The number of fused-ring (bicyclic) bond motifs is 1. The Morgan fingerprint density at radius 1 is 0.934 bits per heavy atom. The Morgan fingerprint density at radius 3 is 2.41 bits per heavy atom. The first-order valence-electron chi connectivity index (χ1n) is 21.3. The number of primary amides is 1. The van der Waals surface area contributed by atoms with Gasteiger partial charge in [-0.25, -0.2) is 9.97 Å². The maximum atomic E-state index is 13.3. The fourth-order valence-corrected chi connectivity index (χ4v) is 9.01. The number of imide groups is 1. The first kappa shape index (κ1) is 41.7. The molecule has 18 nitrogen and oxygen atoms in total. The van der Waals surface area contributed by atoms with Crippen LogP contribution in [0.15, 0.2) is 36.4 Å². The number of benzene rings is 2. The van der Waals surface area contributed by atoms with E-state index in [0.29, 0.717) is 78.6 Å². The molecule has 61 heavy (non-hydrogen) atoms. The van der Waals surface area contributed by atoms with Gasteiger partial charge in [-0.15, -0.1) is 0 Å². The number of aromatic nitrogens is 2. The molecule has 8 rings (SSSR count). The van der Waals surface area contributed by atoms with E-state index >= 15 is 0 Å². The number of piperidine rings is 2. The zero-order valence-electron chi connectivity index (χ0n) is 34.7. The molecule has 1 aromatic heterocycles. The first-order chi connectivity index (χ1) is 29.6. The largest absolute Gasteiger partial charge is 0.495 e. The molecule has 0 aliphatic carbocycles. The van der Waals surface area contributed by atoms with Crippen molar-refractivity contribution in [2.45, 2.75) is 76.5 Å². The van der Waals surface area contributed by atoms with E-state index in [-0.39, 0.29) is 61.3 Å². The summed E-state index contributed by atoms with van der Waals surface area (Å²) in [4.78, 5) is 80.7. The lowest BCUT2D eigenvalue weighted by Crippen LogP contribution is -2.55. The van der Waals surface area contributed by atoms with E-state index in [9.17, 15) is 24.0 Å². The van der Waals surface area contributed by atoms with Crippen molar-refractivity contribution in [3.8, 4) is 11.5 Å². The number of rotatable bonds is 13. The van der Waals surface area contributed by atoms with Crippen LogP contribution in [-0.4, -0.2) is 139 Å². The molecule has 0 saturated carbocycles. The number of piperazine rings is 1. The molecular formula is C43H54N10O8. The lowest BCUT2D eigenvalue weighted by atomic mass is 10.0. The van der Waals surface area contributed by atoms with Crippen LogP contribution in [0.3, 0.4) is 0 Å². The van der Waals surface area contributed by atoms with Crippen LogP contribution in [0.4, 0.5) is 23.0 Å². The number of nitrogens with two attached hydrogens (primary N) is 1. The lowest BCUT2D eigenvalue weighted by Gasteiger charge is -2.43. The number of ether oxygens (including phenoxy) is 3. The van der Waals surface area contributed by atoms with Gasteiger partial charge in [-0.3, -0.25) is 34.2 Å². The minimum atomic E-state index is -0.723. The van der Waals surface area contributed by atoms with Crippen LogP contribution in [0, 0.1) is 0 Å². The van der Waals surface area contributed by atoms with Crippen LogP contribution in [0.1, 0.15) is 77.6 Å². The molecule has 5 aliphatic rings. The zero-order chi connectivity index (χ0) is 42.6. The molecule has 0 radical (unpaired) electrons. The number of carbonyl (C=O) groups is 5. The van der Waals surface area contributed by atoms with Gasteiger partial charge in [0, 0.05) is 93.9 Å². The van der Waals surface area contributed by atoms with E-state index in [4.69, 9.17) is 24.9 Å². The number of hydrogen-bond acceptors (Lipinski definition) is 14. The van der Waals surface area contributed by atoms with Gasteiger partial charge in [0.1, 0.15) is 17.5 Å². The average molecular weight is 839 g/mol. The highest BCUT2D eigenvalue weighted by Gasteiger charge is 2.40. The molecule has 324 valence electrons. The molecule has 4 fully saturated rings. The molecule has 0 spiro atoms. The Hall–Kier alpha value is -6.01. The van der Waals surface area contributed by atoms with Crippen molar-refractivity contribution in [3.05, 3.63) is 58.9 Å². The summed E-state index contributed by atoms with van der Waals surface area (Å²) in [7, 11) is 1.65. The fraction of sp³-hybridized carbons (Fsp3) is 0.512. The van der Waals surface area contributed by atoms with Crippen LogP contribution >= 0.6 is 0 Å². The van der Waals surface area contributed by atoms with Gasteiger partial charge in [0.15, 0.2) is 23.9 Å². The van der Waals surface area contributed by atoms with Gasteiger partial charge in [0.2, 0.25) is 11.8 Å². The quantitative estimate of drug-likeness (QED) is 0.182. The van der Waals surface area contributed by atoms with Crippen molar-refractivity contribution in [1.82, 2.24) is 30.0 Å². The second kappa shape index (κ2) is 18.3. The molecule has 2 aromatic carbocycles. The maximum Gasteiger partial charge on any atom is 0.271 e. The van der Waals surface area contributed by atoms with Gasteiger partial charge in [-0.1, -0.05) is 13.0 Å². The number of amides is 5.